The van der Waals surface area contributed by atoms with Gasteiger partial charge in [-0.3, -0.25) is 14.6 Å². The molecule has 2 saturated heterocycles. The SMILES string of the molecule is CN/C(=C\N=CC1CCCN1C(=O)C(NC(=O)OC)C(C)C)c1ccc2c(c1)OC(C)n1c-2c(F)c2cc(-c3cnc([C@@H]4CCCN4C(=O)C(NC(=O)OC)C(C)C)[nH]3)ccc21. The number of benzene rings is 2. The number of rotatable bonds is 12. The maximum atomic E-state index is 16.7. The van der Waals surface area contributed by atoms with Gasteiger partial charge < -0.3 is 49.5 Å². The number of likely N-dealkylation sites (tertiary alicyclic amines) is 2. The topological polar surface area (TPSA) is 185 Å². The maximum absolute atomic E-state index is 16.7. The second kappa shape index (κ2) is 18.3. The van der Waals surface area contributed by atoms with Crippen LogP contribution in [0.5, 0.6) is 5.75 Å². The van der Waals surface area contributed by atoms with E-state index in [1.165, 1.54) is 14.2 Å². The van der Waals surface area contributed by atoms with E-state index in [4.69, 9.17) is 14.2 Å². The van der Waals surface area contributed by atoms with Crippen LogP contribution in [0.3, 0.4) is 0 Å². The van der Waals surface area contributed by atoms with Gasteiger partial charge in [0.2, 0.25) is 11.8 Å². The number of alkyl carbamates (subject to hydrolysis) is 2. The van der Waals surface area contributed by atoms with Gasteiger partial charge in [0.1, 0.15) is 23.7 Å². The maximum Gasteiger partial charge on any atom is 0.407 e. The smallest absolute Gasteiger partial charge is 0.407 e. The highest BCUT2D eigenvalue weighted by Gasteiger charge is 2.38. The fourth-order valence-corrected chi connectivity index (χ4v) is 8.73. The van der Waals surface area contributed by atoms with Gasteiger partial charge in [0.25, 0.3) is 0 Å². The molecule has 5 heterocycles. The number of ether oxygens (including phenoxy) is 3. The lowest BCUT2D eigenvalue weighted by Gasteiger charge is -2.30. The summed E-state index contributed by atoms with van der Waals surface area (Å²) in [6.45, 7) is 10.5. The number of hydrogen-bond donors (Lipinski definition) is 4. The molecular formula is C45H56FN9O7. The highest BCUT2D eigenvalue weighted by atomic mass is 19.1. The lowest BCUT2D eigenvalue weighted by Crippen LogP contribution is -2.52. The molecule has 7 rings (SSSR count). The molecule has 2 aromatic carbocycles. The minimum atomic E-state index is -0.746. The van der Waals surface area contributed by atoms with E-state index in [0.717, 1.165) is 30.4 Å². The van der Waals surface area contributed by atoms with Crippen LogP contribution in [-0.4, -0.2) is 107 Å². The number of nitrogens with one attached hydrogen (secondary N) is 4. The van der Waals surface area contributed by atoms with Gasteiger partial charge in [-0.1, -0.05) is 39.8 Å². The zero-order chi connectivity index (χ0) is 44.4. The number of nitrogens with zero attached hydrogens (tertiary/aromatic N) is 5. The largest absolute Gasteiger partial charge is 0.470 e. The van der Waals surface area contributed by atoms with Gasteiger partial charge in [0, 0.05) is 48.4 Å². The van der Waals surface area contributed by atoms with Crippen LogP contribution in [-0.2, 0) is 19.1 Å². The Bertz CT molecular complexity index is 2400. The summed E-state index contributed by atoms with van der Waals surface area (Å²) in [6, 6.07) is 9.19. The summed E-state index contributed by atoms with van der Waals surface area (Å²) in [4.78, 5) is 67.3. The number of aromatic nitrogens is 3. The molecule has 4 aromatic rings. The van der Waals surface area contributed by atoms with Gasteiger partial charge in [-0.2, -0.15) is 0 Å². The van der Waals surface area contributed by atoms with Crippen LogP contribution < -0.4 is 20.7 Å². The lowest BCUT2D eigenvalue weighted by molar-refractivity contribution is -0.135. The second-order valence-corrected chi connectivity index (χ2v) is 16.6. The zero-order valence-electron chi connectivity index (χ0n) is 36.5. The first-order valence-corrected chi connectivity index (χ1v) is 21.2. The second-order valence-electron chi connectivity index (χ2n) is 16.6. The van der Waals surface area contributed by atoms with Crippen molar-refractivity contribution in [2.75, 3.05) is 34.4 Å². The number of hydrogen-bond acceptors (Lipinski definition) is 10. The van der Waals surface area contributed by atoms with Crippen molar-refractivity contribution in [3.8, 4) is 28.3 Å². The van der Waals surface area contributed by atoms with Crippen LogP contribution in [0.1, 0.15) is 84.0 Å². The molecule has 62 heavy (non-hydrogen) atoms. The predicted octanol–water partition coefficient (Wildman–Crippen LogP) is 6.75. The third kappa shape index (κ3) is 8.44. The predicted molar refractivity (Wildman–Crippen MR) is 233 cm³/mol. The lowest BCUT2D eigenvalue weighted by atomic mass is 10.0. The minimum Gasteiger partial charge on any atom is -0.470 e. The first-order chi connectivity index (χ1) is 29.8. The third-order valence-electron chi connectivity index (χ3n) is 12.0. The molecule has 17 heteroatoms. The number of halogens is 1. The molecule has 2 fully saturated rings. The summed E-state index contributed by atoms with van der Waals surface area (Å²) in [5.41, 5.74) is 4.60. The summed E-state index contributed by atoms with van der Waals surface area (Å²) in [5, 5.41) is 8.97. The van der Waals surface area contributed by atoms with Crippen LogP contribution >= 0.6 is 0 Å². The van der Waals surface area contributed by atoms with E-state index in [0.29, 0.717) is 64.6 Å². The summed E-state index contributed by atoms with van der Waals surface area (Å²) >= 11 is 0. The van der Waals surface area contributed by atoms with E-state index in [1.54, 1.807) is 41.5 Å². The van der Waals surface area contributed by atoms with Gasteiger partial charge >= 0.3 is 12.2 Å². The van der Waals surface area contributed by atoms with Crippen molar-refractivity contribution in [1.29, 1.82) is 0 Å². The van der Waals surface area contributed by atoms with E-state index in [2.05, 4.69) is 30.9 Å². The number of methoxy groups -OCH3 is 2. The molecule has 0 aliphatic carbocycles. The van der Waals surface area contributed by atoms with Crippen LogP contribution in [0.2, 0.25) is 0 Å². The molecule has 4 N–H and O–H groups in total. The average Bonchev–Trinajstić information content (AvgIpc) is 4.09. The van der Waals surface area contributed by atoms with Crippen molar-refractivity contribution in [2.24, 2.45) is 16.8 Å². The quantitative estimate of drug-likeness (QED) is 0.112. The summed E-state index contributed by atoms with van der Waals surface area (Å²) < 4.78 is 34.5. The number of carbonyl (C=O) groups excluding carboxylic acids is 4. The van der Waals surface area contributed by atoms with Crippen LogP contribution in [0, 0.1) is 17.7 Å². The number of amides is 4. The minimum absolute atomic E-state index is 0.134. The molecule has 3 aliphatic heterocycles. The number of aromatic amines is 1. The Morgan fingerprint density at radius 2 is 1.60 bits per heavy atom. The Hall–Kier alpha value is -6.39. The van der Waals surface area contributed by atoms with Crippen LogP contribution in [0.15, 0.2) is 53.8 Å². The monoisotopic (exact) mass is 853 g/mol. The number of H-pyrrole nitrogens is 1. The average molecular weight is 854 g/mol. The molecule has 0 saturated carbocycles. The fraction of sp³-hybridized carbons (Fsp3) is 0.467. The van der Waals surface area contributed by atoms with Crippen LogP contribution in [0.25, 0.3) is 39.1 Å². The van der Waals surface area contributed by atoms with E-state index < -0.39 is 30.5 Å². The van der Waals surface area contributed by atoms with Gasteiger partial charge in [0.05, 0.1) is 61.3 Å². The number of aliphatic imine (C=N–C) groups is 1. The molecule has 4 amide bonds. The third-order valence-corrected chi connectivity index (χ3v) is 12.0. The molecule has 330 valence electrons. The van der Waals surface area contributed by atoms with Crippen molar-refractivity contribution in [1.82, 2.24) is 40.3 Å². The van der Waals surface area contributed by atoms with Crippen molar-refractivity contribution >= 4 is 46.8 Å². The molecule has 2 aromatic heterocycles. The normalized spacial score (nSPS) is 19.7. The van der Waals surface area contributed by atoms with Crippen LogP contribution in [0.4, 0.5) is 14.0 Å². The van der Waals surface area contributed by atoms with Crippen molar-refractivity contribution in [3.63, 3.8) is 0 Å². The van der Waals surface area contributed by atoms with Crippen molar-refractivity contribution < 1.29 is 37.8 Å². The Morgan fingerprint density at radius 3 is 2.26 bits per heavy atom. The van der Waals surface area contributed by atoms with E-state index in [1.807, 2.05) is 69.5 Å². The molecule has 3 aliphatic rings. The fourth-order valence-electron chi connectivity index (χ4n) is 8.73. The van der Waals surface area contributed by atoms with Gasteiger partial charge in [-0.25, -0.2) is 19.0 Å². The molecule has 0 radical (unpaired) electrons. The van der Waals surface area contributed by atoms with Gasteiger partial charge in [-0.05, 0) is 68.7 Å². The van der Waals surface area contributed by atoms with E-state index >= 15 is 4.39 Å². The molecule has 16 nitrogen and oxygen atoms in total. The molecule has 0 spiro atoms. The Labute approximate surface area is 360 Å². The molecular weight excluding hydrogens is 798 g/mol. The molecule has 0 bridgehead atoms. The molecule has 5 atom stereocenters. The summed E-state index contributed by atoms with van der Waals surface area (Å²) in [5.74, 6) is 0.110. The first-order valence-electron chi connectivity index (χ1n) is 21.2. The Morgan fingerprint density at radius 1 is 0.935 bits per heavy atom. The van der Waals surface area contributed by atoms with Gasteiger partial charge in [-0.15, -0.1) is 0 Å². The highest BCUT2D eigenvalue weighted by Crippen LogP contribution is 2.45. The summed E-state index contributed by atoms with van der Waals surface area (Å²) in [7, 11) is 4.33. The Kier molecular flexibility index (Phi) is 12.9. The molecule has 4 unspecified atom stereocenters. The van der Waals surface area contributed by atoms with Gasteiger partial charge in [0.15, 0.2) is 12.0 Å². The van der Waals surface area contributed by atoms with E-state index in [-0.39, 0.29) is 41.6 Å². The number of carbonyl (C=O) groups is 4. The number of fused-ring (bicyclic) bond motifs is 5. The van der Waals surface area contributed by atoms with E-state index in [9.17, 15) is 19.2 Å². The summed E-state index contributed by atoms with van der Waals surface area (Å²) in [6.07, 6.45) is 6.36. The zero-order valence-corrected chi connectivity index (χ0v) is 36.5. The Balaban J connectivity index is 1.11. The standard InChI is InChI=1S/C45H56FN9O7/c1-24(2)38(51-44(58)60-7)42(56)53-17-9-11-29(53)21-48-22-32(47-6)28-13-15-30-36(20-28)62-26(5)55-34-16-14-27(19-31(34)37(46)40(30)55)33-23-49-41(50-33)35-12-10-18-54(35)43(57)39(25(3)4)52-45(59)61-8/h13-16,19-26,29,35,38-39,47H,9-12,17-18H2,1-8H3,(H,49,50)(H,51,58)(H,52,59)/b32-22-,48-21?/t26?,29?,35-,38?,39?/m0/s1. The van der Waals surface area contributed by atoms with Crippen molar-refractivity contribution in [2.45, 2.75) is 90.7 Å². The highest BCUT2D eigenvalue weighted by molar-refractivity contribution is 5.93. The van der Waals surface area contributed by atoms with Crippen molar-refractivity contribution in [3.05, 3.63) is 66.0 Å². The number of imidazole rings is 1. The first kappa shape index (κ1) is 43.7.